The molecule has 0 N–H and O–H groups in total. The lowest BCUT2D eigenvalue weighted by Gasteiger charge is -2.32. The molecule has 1 fully saturated rings. The van der Waals surface area contributed by atoms with Gasteiger partial charge in [0.05, 0.1) is 5.69 Å². The molecule has 4 unspecified atom stereocenters. The Hall–Kier alpha value is -0.500. The molecule has 2 nitrogen and oxygen atoms in total. The van der Waals surface area contributed by atoms with Crippen LogP contribution in [-0.2, 0) is 6.42 Å². The second-order valence-corrected chi connectivity index (χ2v) is 7.05. The minimum atomic E-state index is 0.344. The van der Waals surface area contributed by atoms with Crippen LogP contribution >= 0.6 is 11.6 Å². The summed E-state index contributed by atoms with van der Waals surface area (Å²) in [5.74, 6) is 1.50. The number of rotatable bonds is 6. The quantitative estimate of drug-likeness (QED) is 0.658. The minimum absolute atomic E-state index is 0.344. The molecule has 1 aliphatic carbocycles. The highest BCUT2D eigenvalue weighted by Crippen LogP contribution is 2.36. The molecule has 0 radical (unpaired) electrons. The van der Waals surface area contributed by atoms with E-state index in [9.17, 15) is 0 Å². The molecule has 0 amide bonds. The summed E-state index contributed by atoms with van der Waals surface area (Å²) in [4.78, 5) is 0. The number of halogens is 1. The highest BCUT2D eigenvalue weighted by molar-refractivity contribution is 6.20. The zero-order chi connectivity index (χ0) is 14.5. The van der Waals surface area contributed by atoms with E-state index >= 15 is 0 Å². The smallest absolute Gasteiger partial charge is 0.0628 e. The van der Waals surface area contributed by atoms with E-state index in [4.69, 9.17) is 16.7 Å². The number of hydrogen-bond donors (Lipinski definition) is 0. The van der Waals surface area contributed by atoms with Crippen LogP contribution in [0.2, 0.25) is 0 Å². The van der Waals surface area contributed by atoms with Gasteiger partial charge in [0.1, 0.15) is 0 Å². The molecule has 0 aliphatic heterocycles. The Morgan fingerprint density at radius 3 is 2.90 bits per heavy atom. The summed E-state index contributed by atoms with van der Waals surface area (Å²) in [5.41, 5.74) is 1.22. The number of alkyl halides is 1. The number of hydrogen-bond acceptors (Lipinski definition) is 1. The summed E-state index contributed by atoms with van der Waals surface area (Å²) >= 11 is 6.56. The van der Waals surface area contributed by atoms with E-state index < -0.39 is 0 Å². The first-order valence-electron chi connectivity index (χ1n) is 8.32. The van der Waals surface area contributed by atoms with E-state index in [2.05, 4.69) is 37.7 Å². The van der Waals surface area contributed by atoms with Crippen LogP contribution in [0.25, 0.3) is 0 Å². The first-order valence-corrected chi connectivity index (χ1v) is 8.75. The Bertz CT molecular complexity index is 401. The van der Waals surface area contributed by atoms with Gasteiger partial charge in [-0.25, -0.2) is 0 Å². The normalized spacial score (nSPS) is 28.5. The lowest BCUT2D eigenvalue weighted by atomic mass is 9.77. The molecule has 1 aliphatic rings. The second-order valence-electron chi connectivity index (χ2n) is 6.49. The van der Waals surface area contributed by atoms with Crippen LogP contribution in [0, 0.1) is 11.8 Å². The van der Waals surface area contributed by atoms with E-state index in [1.54, 1.807) is 0 Å². The van der Waals surface area contributed by atoms with Crippen molar-refractivity contribution in [1.29, 1.82) is 0 Å². The molecule has 1 aromatic rings. The Morgan fingerprint density at radius 1 is 1.40 bits per heavy atom. The molecule has 2 rings (SSSR count). The van der Waals surface area contributed by atoms with Crippen molar-refractivity contribution in [3.63, 3.8) is 0 Å². The first kappa shape index (κ1) is 15.9. The minimum Gasteiger partial charge on any atom is -0.270 e. The predicted molar refractivity (Wildman–Crippen MR) is 86.3 cm³/mol. The summed E-state index contributed by atoms with van der Waals surface area (Å²) in [6.07, 6.45) is 10.8. The monoisotopic (exact) mass is 296 g/mol. The third kappa shape index (κ3) is 4.00. The molecule has 0 spiro atoms. The topological polar surface area (TPSA) is 17.8 Å². The second kappa shape index (κ2) is 7.49. The molecule has 0 aromatic carbocycles. The molecule has 1 saturated carbocycles. The van der Waals surface area contributed by atoms with E-state index in [0.717, 1.165) is 18.8 Å². The van der Waals surface area contributed by atoms with Crippen LogP contribution in [0.5, 0.6) is 0 Å². The van der Waals surface area contributed by atoms with E-state index in [0.29, 0.717) is 17.3 Å². The van der Waals surface area contributed by atoms with Crippen molar-refractivity contribution in [2.75, 3.05) is 0 Å². The molecule has 1 aromatic heterocycles. The number of aromatic nitrogens is 2. The van der Waals surface area contributed by atoms with Gasteiger partial charge in [-0.05, 0) is 56.9 Å². The summed E-state index contributed by atoms with van der Waals surface area (Å²) < 4.78 is 2.10. The van der Waals surface area contributed by atoms with Gasteiger partial charge in [0.25, 0.3) is 0 Å². The third-order valence-corrected chi connectivity index (χ3v) is 5.45. The highest BCUT2D eigenvalue weighted by atomic mass is 35.5. The maximum Gasteiger partial charge on any atom is 0.0628 e. The molecule has 0 bridgehead atoms. The molecule has 1 heterocycles. The molecular formula is C17H29ClN2. The molecule has 20 heavy (non-hydrogen) atoms. The summed E-state index contributed by atoms with van der Waals surface area (Å²) in [5, 5.41) is 5.08. The average Bonchev–Trinajstić information content (AvgIpc) is 2.90. The maximum atomic E-state index is 6.56. The van der Waals surface area contributed by atoms with Crippen LogP contribution in [0.15, 0.2) is 12.3 Å². The molecule has 114 valence electrons. The Morgan fingerprint density at radius 2 is 2.20 bits per heavy atom. The van der Waals surface area contributed by atoms with Gasteiger partial charge >= 0.3 is 0 Å². The van der Waals surface area contributed by atoms with Gasteiger partial charge in [0.2, 0.25) is 0 Å². The molecular weight excluding hydrogens is 268 g/mol. The van der Waals surface area contributed by atoms with Crippen LogP contribution in [0.4, 0.5) is 0 Å². The molecule has 4 atom stereocenters. The molecule has 3 heteroatoms. The summed E-state index contributed by atoms with van der Waals surface area (Å²) in [6.45, 7) is 6.71. The zero-order valence-corrected chi connectivity index (χ0v) is 13.9. The van der Waals surface area contributed by atoms with Crippen molar-refractivity contribution < 1.29 is 0 Å². The Kier molecular flexibility index (Phi) is 5.95. The standard InChI is InChI=1S/C17H29ClN2/c1-4-6-14-7-8-17(18)15(11-14)12-16-9-10-20(19-16)13(3)5-2/h9-10,13-15,17H,4-8,11-12H2,1-3H3. The van der Waals surface area contributed by atoms with Gasteiger partial charge in [-0.1, -0.05) is 26.7 Å². The van der Waals surface area contributed by atoms with Gasteiger partial charge in [-0.3, -0.25) is 4.68 Å². The van der Waals surface area contributed by atoms with E-state index in [1.807, 2.05) is 0 Å². The SMILES string of the molecule is CCCC1CCC(Cl)C(Cc2ccn(C(C)CC)n2)C1. The first-order chi connectivity index (χ1) is 9.63. The van der Waals surface area contributed by atoms with Crippen molar-refractivity contribution in [1.82, 2.24) is 9.78 Å². The van der Waals surface area contributed by atoms with Crippen LogP contribution in [-0.4, -0.2) is 15.2 Å². The fraction of sp³-hybridized carbons (Fsp3) is 0.824. The third-order valence-electron chi connectivity index (χ3n) is 4.87. The maximum absolute atomic E-state index is 6.56. The Labute approximate surface area is 128 Å². The van der Waals surface area contributed by atoms with Gasteiger partial charge < -0.3 is 0 Å². The van der Waals surface area contributed by atoms with E-state index in [-0.39, 0.29) is 0 Å². The van der Waals surface area contributed by atoms with Gasteiger partial charge in [-0.15, -0.1) is 11.6 Å². The van der Waals surface area contributed by atoms with Crippen molar-refractivity contribution in [2.24, 2.45) is 11.8 Å². The van der Waals surface area contributed by atoms with Gasteiger partial charge in [-0.2, -0.15) is 5.10 Å². The van der Waals surface area contributed by atoms with Gasteiger partial charge in [0, 0.05) is 17.6 Å². The lowest BCUT2D eigenvalue weighted by Crippen LogP contribution is -2.27. The predicted octanol–water partition coefficient (Wildman–Crippen LogP) is 5.22. The van der Waals surface area contributed by atoms with E-state index in [1.165, 1.54) is 37.8 Å². The van der Waals surface area contributed by atoms with Crippen LogP contribution < -0.4 is 0 Å². The van der Waals surface area contributed by atoms with Crippen molar-refractivity contribution in [3.8, 4) is 0 Å². The Balaban J connectivity index is 1.95. The highest BCUT2D eigenvalue weighted by Gasteiger charge is 2.29. The van der Waals surface area contributed by atoms with Crippen molar-refractivity contribution in [3.05, 3.63) is 18.0 Å². The molecule has 0 saturated heterocycles. The summed E-state index contributed by atoms with van der Waals surface area (Å²) in [7, 11) is 0. The average molecular weight is 297 g/mol. The van der Waals surface area contributed by atoms with Crippen molar-refractivity contribution >= 4 is 11.6 Å². The fourth-order valence-electron chi connectivity index (χ4n) is 3.39. The van der Waals surface area contributed by atoms with Crippen molar-refractivity contribution in [2.45, 2.75) is 77.1 Å². The lowest BCUT2D eigenvalue weighted by molar-refractivity contribution is 0.255. The van der Waals surface area contributed by atoms with Crippen LogP contribution in [0.3, 0.4) is 0 Å². The van der Waals surface area contributed by atoms with Crippen LogP contribution in [0.1, 0.15) is 71.0 Å². The largest absolute Gasteiger partial charge is 0.270 e. The summed E-state index contributed by atoms with van der Waals surface area (Å²) in [6, 6.07) is 2.67. The number of nitrogens with zero attached hydrogens (tertiary/aromatic N) is 2. The fourth-order valence-corrected chi connectivity index (χ4v) is 3.71. The zero-order valence-electron chi connectivity index (χ0n) is 13.2. The van der Waals surface area contributed by atoms with Gasteiger partial charge in [0.15, 0.2) is 0 Å².